The third kappa shape index (κ3) is 3.76. The van der Waals surface area contributed by atoms with Crippen molar-refractivity contribution in [3.8, 4) is 0 Å². The van der Waals surface area contributed by atoms with Crippen LogP contribution in [0.4, 0.5) is 11.4 Å². The second kappa shape index (κ2) is 7.00. The van der Waals surface area contributed by atoms with Crippen LogP contribution >= 0.6 is 0 Å². The third-order valence-electron chi connectivity index (χ3n) is 4.76. The van der Waals surface area contributed by atoms with E-state index in [-0.39, 0.29) is 0 Å². The molecule has 25 heavy (non-hydrogen) atoms. The average molecular weight is 361 g/mol. The van der Waals surface area contributed by atoms with Crippen LogP contribution in [0.5, 0.6) is 0 Å². The van der Waals surface area contributed by atoms with Crippen molar-refractivity contribution in [3.63, 3.8) is 0 Å². The predicted molar refractivity (Wildman–Crippen MR) is 101 cm³/mol. The number of aromatic nitrogens is 1. The molecule has 1 aromatic heterocycles. The van der Waals surface area contributed by atoms with Crippen LogP contribution in [0.15, 0.2) is 30.6 Å². The van der Waals surface area contributed by atoms with Crippen LogP contribution in [0.3, 0.4) is 0 Å². The summed E-state index contributed by atoms with van der Waals surface area (Å²) < 4.78 is 23.2. The van der Waals surface area contributed by atoms with E-state index in [9.17, 15) is 13.2 Å². The SMILES string of the molecule is CC(C(=O)Nc1ccc(N2CCCCC2)c2ccncc12)S(C)(=O)=O. The van der Waals surface area contributed by atoms with Crippen molar-refractivity contribution >= 4 is 37.9 Å². The number of nitrogens with zero attached hydrogens (tertiary/aromatic N) is 2. The molecule has 1 aliphatic heterocycles. The summed E-state index contributed by atoms with van der Waals surface area (Å²) in [6, 6.07) is 5.77. The van der Waals surface area contributed by atoms with Crippen LogP contribution in [0, 0.1) is 0 Å². The monoisotopic (exact) mass is 361 g/mol. The lowest BCUT2D eigenvalue weighted by atomic mass is 10.1. The van der Waals surface area contributed by atoms with E-state index in [4.69, 9.17) is 0 Å². The molecule has 0 aliphatic carbocycles. The normalized spacial score (nSPS) is 16.6. The van der Waals surface area contributed by atoms with Crippen molar-refractivity contribution in [2.75, 3.05) is 29.6 Å². The smallest absolute Gasteiger partial charge is 0.242 e. The molecule has 2 heterocycles. The van der Waals surface area contributed by atoms with Crippen LogP contribution in [-0.2, 0) is 14.6 Å². The average Bonchev–Trinajstić information content (AvgIpc) is 2.61. The Labute approximate surface area is 148 Å². The molecule has 0 radical (unpaired) electrons. The van der Waals surface area contributed by atoms with Gasteiger partial charge in [-0.2, -0.15) is 0 Å². The lowest BCUT2D eigenvalue weighted by Crippen LogP contribution is -2.32. The first-order valence-corrected chi connectivity index (χ1v) is 10.4. The van der Waals surface area contributed by atoms with Crippen LogP contribution < -0.4 is 10.2 Å². The minimum atomic E-state index is -3.44. The zero-order valence-electron chi connectivity index (χ0n) is 14.5. The Balaban J connectivity index is 1.97. The first-order chi connectivity index (χ1) is 11.9. The van der Waals surface area contributed by atoms with Crippen molar-refractivity contribution in [1.82, 2.24) is 4.98 Å². The number of benzene rings is 1. The Hall–Kier alpha value is -2.15. The summed E-state index contributed by atoms with van der Waals surface area (Å²) >= 11 is 0. The second-order valence-electron chi connectivity index (χ2n) is 6.56. The highest BCUT2D eigenvalue weighted by molar-refractivity contribution is 7.92. The summed E-state index contributed by atoms with van der Waals surface area (Å²) in [5.74, 6) is -0.529. The Morgan fingerprint density at radius 2 is 1.88 bits per heavy atom. The number of pyridine rings is 1. The largest absolute Gasteiger partial charge is 0.371 e. The van der Waals surface area contributed by atoms with E-state index in [2.05, 4.69) is 15.2 Å². The van der Waals surface area contributed by atoms with Gasteiger partial charge in [-0.3, -0.25) is 9.78 Å². The fourth-order valence-corrected chi connectivity index (χ4v) is 3.57. The third-order valence-corrected chi connectivity index (χ3v) is 6.26. The highest BCUT2D eigenvalue weighted by Crippen LogP contribution is 2.33. The van der Waals surface area contributed by atoms with Crippen LogP contribution in [0.2, 0.25) is 0 Å². The lowest BCUT2D eigenvalue weighted by molar-refractivity contribution is -0.115. The molecule has 7 heteroatoms. The number of sulfone groups is 1. The molecule has 6 nitrogen and oxygen atoms in total. The van der Waals surface area contributed by atoms with Gasteiger partial charge in [0.05, 0.1) is 5.69 Å². The summed E-state index contributed by atoms with van der Waals surface area (Å²) in [6.45, 7) is 3.44. The van der Waals surface area contributed by atoms with Gasteiger partial charge in [-0.15, -0.1) is 0 Å². The number of amides is 1. The van der Waals surface area contributed by atoms with Gasteiger partial charge in [0.15, 0.2) is 9.84 Å². The zero-order valence-corrected chi connectivity index (χ0v) is 15.3. The van der Waals surface area contributed by atoms with E-state index in [0.29, 0.717) is 5.69 Å². The van der Waals surface area contributed by atoms with Gasteiger partial charge >= 0.3 is 0 Å². The van der Waals surface area contributed by atoms with Gasteiger partial charge in [0.25, 0.3) is 0 Å². The number of nitrogens with one attached hydrogen (secondary N) is 1. The maximum atomic E-state index is 12.3. The number of hydrogen-bond acceptors (Lipinski definition) is 5. The molecule has 134 valence electrons. The number of carbonyl (C=O) groups excluding carboxylic acids is 1. The topological polar surface area (TPSA) is 79.4 Å². The van der Waals surface area contributed by atoms with Gasteiger partial charge in [-0.25, -0.2) is 8.42 Å². The standard InChI is InChI=1S/C18H23N3O3S/c1-13(25(2,23)24)18(22)20-16-6-7-17(21-10-4-3-5-11-21)14-8-9-19-12-15(14)16/h6-9,12-13H,3-5,10-11H2,1-2H3,(H,20,22). The number of piperidine rings is 1. The Morgan fingerprint density at radius 1 is 1.16 bits per heavy atom. The maximum absolute atomic E-state index is 12.3. The summed E-state index contributed by atoms with van der Waals surface area (Å²) in [5.41, 5.74) is 1.72. The Bertz CT molecular complexity index is 890. The van der Waals surface area contributed by atoms with Gasteiger partial charge < -0.3 is 10.2 Å². The van der Waals surface area contributed by atoms with Crippen molar-refractivity contribution < 1.29 is 13.2 Å². The van der Waals surface area contributed by atoms with Gasteiger partial charge in [-0.05, 0) is 44.4 Å². The molecular formula is C18H23N3O3S. The molecule has 1 N–H and O–H groups in total. The first kappa shape index (κ1) is 17.7. The van der Waals surface area contributed by atoms with Crippen LogP contribution in [0.25, 0.3) is 10.8 Å². The van der Waals surface area contributed by atoms with Gasteiger partial charge in [0.1, 0.15) is 5.25 Å². The van der Waals surface area contributed by atoms with E-state index in [0.717, 1.165) is 35.8 Å². The molecule has 1 atom stereocenters. The van der Waals surface area contributed by atoms with Crippen molar-refractivity contribution in [2.45, 2.75) is 31.4 Å². The zero-order chi connectivity index (χ0) is 18.0. The summed E-state index contributed by atoms with van der Waals surface area (Å²) in [4.78, 5) is 18.8. The molecule has 0 bridgehead atoms. The number of carbonyl (C=O) groups is 1. The number of hydrogen-bond donors (Lipinski definition) is 1. The number of rotatable bonds is 4. The molecule has 3 rings (SSSR count). The van der Waals surface area contributed by atoms with Crippen molar-refractivity contribution in [3.05, 3.63) is 30.6 Å². The second-order valence-corrected chi connectivity index (χ2v) is 8.93. The molecule has 1 fully saturated rings. The molecule has 0 saturated carbocycles. The van der Waals surface area contributed by atoms with E-state index >= 15 is 0 Å². The Kier molecular flexibility index (Phi) is 4.94. The number of fused-ring (bicyclic) bond motifs is 1. The first-order valence-electron chi connectivity index (χ1n) is 8.49. The lowest BCUT2D eigenvalue weighted by Gasteiger charge is -2.30. The fourth-order valence-electron chi connectivity index (χ4n) is 3.12. The summed E-state index contributed by atoms with van der Waals surface area (Å²) in [7, 11) is -3.44. The highest BCUT2D eigenvalue weighted by Gasteiger charge is 2.24. The molecule has 2 aromatic rings. The fraction of sp³-hybridized carbons (Fsp3) is 0.444. The quantitative estimate of drug-likeness (QED) is 0.905. The van der Waals surface area contributed by atoms with E-state index in [1.165, 1.54) is 26.2 Å². The van der Waals surface area contributed by atoms with E-state index in [1.54, 1.807) is 12.4 Å². The molecular weight excluding hydrogens is 338 g/mol. The molecule has 1 unspecified atom stereocenters. The van der Waals surface area contributed by atoms with Gasteiger partial charge in [0.2, 0.25) is 5.91 Å². The van der Waals surface area contributed by atoms with Gasteiger partial charge in [0, 0.05) is 48.2 Å². The minimum absolute atomic E-state index is 0.529. The van der Waals surface area contributed by atoms with Crippen molar-refractivity contribution in [2.24, 2.45) is 0 Å². The Morgan fingerprint density at radius 3 is 2.56 bits per heavy atom. The van der Waals surface area contributed by atoms with Crippen LogP contribution in [-0.4, -0.2) is 43.9 Å². The molecule has 1 saturated heterocycles. The molecule has 0 spiro atoms. The molecule has 1 aromatic carbocycles. The highest BCUT2D eigenvalue weighted by atomic mass is 32.2. The molecule has 1 aliphatic rings. The maximum Gasteiger partial charge on any atom is 0.242 e. The minimum Gasteiger partial charge on any atom is -0.371 e. The predicted octanol–water partition coefficient (Wildman–Crippen LogP) is 2.60. The van der Waals surface area contributed by atoms with E-state index < -0.39 is 21.0 Å². The number of anilines is 2. The molecule has 1 amide bonds. The van der Waals surface area contributed by atoms with Gasteiger partial charge in [-0.1, -0.05) is 0 Å². The van der Waals surface area contributed by atoms with Crippen LogP contribution in [0.1, 0.15) is 26.2 Å². The van der Waals surface area contributed by atoms with Crippen molar-refractivity contribution in [1.29, 1.82) is 0 Å². The summed E-state index contributed by atoms with van der Waals surface area (Å²) in [5, 5.41) is 3.48. The summed E-state index contributed by atoms with van der Waals surface area (Å²) in [6.07, 6.45) is 8.13. The van der Waals surface area contributed by atoms with E-state index in [1.807, 2.05) is 18.2 Å².